The number of urea groups is 1. The van der Waals surface area contributed by atoms with Crippen LogP contribution in [0.15, 0.2) is 12.2 Å². The lowest BCUT2D eigenvalue weighted by molar-refractivity contribution is -0.147. The number of unbranched alkanes of at least 4 members (excludes halogenated alkanes) is 1. The smallest absolute Gasteiger partial charge is 0.326 e. The van der Waals surface area contributed by atoms with E-state index in [-0.39, 0.29) is 55.8 Å². The molecule has 81 heavy (non-hydrogen) atoms. The van der Waals surface area contributed by atoms with E-state index in [4.69, 9.17) is 5.26 Å². The van der Waals surface area contributed by atoms with E-state index in [9.17, 15) is 52.7 Å². The van der Waals surface area contributed by atoms with Gasteiger partial charge in [0, 0.05) is 55.8 Å². The van der Waals surface area contributed by atoms with Gasteiger partial charge in [0.15, 0.2) is 0 Å². The Morgan fingerprint density at radius 1 is 0.543 bits per heavy atom. The third kappa shape index (κ3) is 21.7. The van der Waals surface area contributed by atoms with Gasteiger partial charge in [0.2, 0.25) is 53.2 Å². The maximum absolute atomic E-state index is 14.9. The molecule has 0 aromatic carbocycles. The molecule has 0 radical (unpaired) electrons. The molecule has 0 aromatic rings. The lowest BCUT2D eigenvalue weighted by atomic mass is 9.94. The van der Waals surface area contributed by atoms with Gasteiger partial charge in [0.1, 0.15) is 48.3 Å². The molecule has 458 valence electrons. The van der Waals surface area contributed by atoms with Crippen molar-refractivity contribution in [3.05, 3.63) is 12.2 Å². The van der Waals surface area contributed by atoms with Crippen LogP contribution in [0.2, 0.25) is 0 Å². The second-order valence-corrected chi connectivity index (χ2v) is 23.9. The van der Waals surface area contributed by atoms with Crippen molar-refractivity contribution in [2.75, 3.05) is 62.4 Å². The number of nitrogens with zero attached hydrogens (tertiary/aromatic N) is 8. The predicted molar refractivity (Wildman–Crippen MR) is 309 cm³/mol. The molecule has 0 aromatic heterocycles. The Morgan fingerprint density at radius 2 is 1.02 bits per heavy atom. The maximum atomic E-state index is 14.9. The number of nitriles is 1. The second-order valence-electron chi connectivity index (χ2n) is 23.9. The molecule has 1 saturated heterocycles. The minimum Gasteiger partial charge on any atom is -0.345 e. The molecule has 23 heteroatoms. The molecule has 0 saturated carbocycles. The molecule has 1 aliphatic heterocycles. The predicted octanol–water partition coefficient (Wildman–Crippen LogP) is 3.37. The summed E-state index contributed by atoms with van der Waals surface area (Å²) >= 11 is 0. The van der Waals surface area contributed by atoms with E-state index in [1.165, 1.54) is 71.0 Å². The van der Waals surface area contributed by atoms with Crippen molar-refractivity contribution in [2.24, 2.45) is 35.5 Å². The lowest BCUT2D eigenvalue weighted by Gasteiger charge is -2.39. The number of allylic oxidation sites excluding steroid dienone is 2. The van der Waals surface area contributed by atoms with Crippen LogP contribution in [0.4, 0.5) is 4.79 Å². The zero-order valence-electron chi connectivity index (χ0n) is 52.4. The average molecular weight is 1140 g/mol. The second kappa shape index (κ2) is 34.0. The SMILES string of the molecule is CC[C@@H]1NC(=O)[C@H](C[C@H](C)C/C=C/CCC#N)N(C)C(=O)[C@H](C(C)C)N(C)C(=O)N(C)C(=O)C(CC(C)C)N(C)C(=O)CNC(=O)[C@@H](C)NC(=O)[C@@H](CC(C)C)N(C)C(=O)[C@@H](C(C)C)NC(=O)[C@H](CC(C)C)N(C)C(=O)CN(C)C1=O. The molecule has 0 bridgehead atoms. The summed E-state index contributed by atoms with van der Waals surface area (Å²) in [6, 6.07) is -8.23. The highest BCUT2D eigenvalue weighted by atomic mass is 16.2. The summed E-state index contributed by atoms with van der Waals surface area (Å²) in [6.07, 6.45) is 5.70. The molecule has 23 nitrogen and oxygen atoms in total. The minimum absolute atomic E-state index is 0.0795. The first-order valence-electron chi connectivity index (χ1n) is 28.6. The molecular formula is C58H100N12O11. The van der Waals surface area contributed by atoms with Crippen LogP contribution in [0.1, 0.15) is 141 Å². The summed E-state index contributed by atoms with van der Waals surface area (Å²) in [5.74, 6) is -8.42. The molecule has 4 N–H and O–H groups in total. The largest absolute Gasteiger partial charge is 0.345 e. The Bertz CT molecular complexity index is 2260. The van der Waals surface area contributed by atoms with Crippen LogP contribution in [0.5, 0.6) is 0 Å². The molecule has 1 unspecified atom stereocenters. The molecule has 1 rings (SSSR count). The van der Waals surface area contributed by atoms with E-state index in [1.54, 1.807) is 34.6 Å². The highest BCUT2D eigenvalue weighted by molar-refractivity contribution is 6.01. The first-order valence-corrected chi connectivity index (χ1v) is 28.6. The van der Waals surface area contributed by atoms with E-state index >= 15 is 0 Å². The standard InChI is InChI=1S/C58H100N12O11/c1-21-41-54(77)64(14)33-47(72)65(15)42(28-34(2)3)53(76)63-48(37(8)9)56(79)67(17)43(29-35(4)5)51(74)61-40(13)50(73)60-32-46(71)66(16)45(30-36(6)7)55(78)70(20)58(81)69(19)49(38(10)11)57(80)68(18)44(52(75)62-41)31-39(12)26-24-22-23-25-27-59/h22,24,34-45,48-49H,21,23,25-26,28-33H2,1-20H3,(H,60,73)(H,61,74)(H,62,75)(H,63,76)/b24-22+/t39-,40-,41+,42+,43-,44+,45?,48-,49+/m1/s1. The summed E-state index contributed by atoms with van der Waals surface area (Å²) in [5.41, 5.74) is 0. The third-order valence-corrected chi connectivity index (χ3v) is 14.8. The van der Waals surface area contributed by atoms with E-state index in [1.807, 2.05) is 60.6 Å². The van der Waals surface area contributed by atoms with E-state index in [0.717, 1.165) is 19.6 Å². The average Bonchev–Trinajstić information content (AvgIpc) is 3.40. The van der Waals surface area contributed by atoms with E-state index in [2.05, 4.69) is 27.3 Å². The van der Waals surface area contributed by atoms with Crippen LogP contribution in [0.25, 0.3) is 0 Å². The van der Waals surface area contributed by atoms with Crippen LogP contribution in [-0.2, 0) is 47.9 Å². The Balaban J connectivity index is 4.12. The Kier molecular flexibility index (Phi) is 30.4. The molecule has 9 atom stereocenters. The number of imide groups is 1. The van der Waals surface area contributed by atoms with Crippen molar-refractivity contribution in [2.45, 2.75) is 190 Å². The highest BCUT2D eigenvalue weighted by Crippen LogP contribution is 2.23. The number of carbonyl (C=O) groups is 11. The zero-order valence-corrected chi connectivity index (χ0v) is 52.4. The third-order valence-electron chi connectivity index (χ3n) is 14.8. The lowest BCUT2D eigenvalue weighted by Crippen LogP contribution is -2.61. The van der Waals surface area contributed by atoms with Gasteiger partial charge >= 0.3 is 6.03 Å². The number of hydrogen-bond donors (Lipinski definition) is 4. The van der Waals surface area contributed by atoms with Gasteiger partial charge in [0.05, 0.1) is 19.2 Å². The fourth-order valence-corrected chi connectivity index (χ4v) is 9.66. The van der Waals surface area contributed by atoms with Gasteiger partial charge in [-0.1, -0.05) is 95.2 Å². The summed E-state index contributed by atoms with van der Waals surface area (Å²) in [4.78, 5) is 165. The number of nitrogens with one attached hydrogen (secondary N) is 4. The summed E-state index contributed by atoms with van der Waals surface area (Å²) in [6.45, 7) is 21.8. The van der Waals surface area contributed by atoms with Crippen LogP contribution in [0, 0.1) is 46.8 Å². The van der Waals surface area contributed by atoms with Gasteiger partial charge in [0.25, 0.3) is 5.91 Å². The van der Waals surface area contributed by atoms with Crippen molar-refractivity contribution < 1.29 is 52.7 Å². The van der Waals surface area contributed by atoms with Gasteiger partial charge in [-0.25, -0.2) is 4.79 Å². The number of amides is 12. The topological polar surface area (TPSA) is 282 Å². The van der Waals surface area contributed by atoms with Crippen molar-refractivity contribution >= 4 is 65.1 Å². The molecular weight excluding hydrogens is 1040 g/mol. The maximum Gasteiger partial charge on any atom is 0.326 e. The fraction of sp³-hybridized carbons (Fsp3) is 0.759. The molecule has 1 fully saturated rings. The number of carbonyl (C=O) groups excluding carboxylic acids is 11. The van der Waals surface area contributed by atoms with E-state index < -0.39 is 138 Å². The monoisotopic (exact) mass is 1140 g/mol. The molecule has 0 spiro atoms. The fourth-order valence-electron chi connectivity index (χ4n) is 9.66. The summed E-state index contributed by atoms with van der Waals surface area (Å²) in [5, 5.41) is 19.9. The van der Waals surface area contributed by atoms with Gasteiger partial charge < -0.3 is 50.7 Å². The molecule has 12 amide bonds. The van der Waals surface area contributed by atoms with Crippen LogP contribution < -0.4 is 21.3 Å². The van der Waals surface area contributed by atoms with Crippen molar-refractivity contribution in [3.8, 4) is 6.07 Å². The van der Waals surface area contributed by atoms with E-state index in [0.29, 0.717) is 19.3 Å². The molecule has 1 heterocycles. The zero-order chi connectivity index (χ0) is 62.5. The van der Waals surface area contributed by atoms with Crippen molar-refractivity contribution in [3.63, 3.8) is 0 Å². The minimum atomic E-state index is -1.24. The Hall–Kier alpha value is -6.60. The number of hydrogen-bond acceptors (Lipinski definition) is 12. The van der Waals surface area contributed by atoms with Gasteiger partial charge in [-0.15, -0.1) is 0 Å². The van der Waals surface area contributed by atoms with Crippen LogP contribution in [0.3, 0.4) is 0 Å². The van der Waals surface area contributed by atoms with Crippen LogP contribution >= 0.6 is 0 Å². The summed E-state index contributed by atoms with van der Waals surface area (Å²) < 4.78 is 0. The van der Waals surface area contributed by atoms with Crippen molar-refractivity contribution in [1.82, 2.24) is 55.6 Å². The first kappa shape index (κ1) is 72.4. The highest BCUT2D eigenvalue weighted by Gasteiger charge is 2.42. The summed E-state index contributed by atoms with van der Waals surface area (Å²) in [7, 11) is 9.65. The number of likely N-dealkylation sites (N-methyl/N-ethyl adjacent to an activating group) is 7. The molecule has 0 aliphatic carbocycles. The first-order chi connectivity index (χ1) is 37.6. The van der Waals surface area contributed by atoms with Gasteiger partial charge in [-0.2, -0.15) is 5.26 Å². The number of rotatable bonds is 15. The Morgan fingerprint density at radius 3 is 1.53 bits per heavy atom. The van der Waals surface area contributed by atoms with Gasteiger partial charge in [-0.05, 0) is 87.4 Å². The normalized spacial score (nSPS) is 25.0. The van der Waals surface area contributed by atoms with Crippen molar-refractivity contribution in [1.29, 1.82) is 5.26 Å². The molecule has 1 aliphatic rings. The quantitative estimate of drug-likeness (QED) is 0.136. The Labute approximate surface area is 483 Å². The van der Waals surface area contributed by atoms with Gasteiger partial charge in [-0.3, -0.25) is 52.8 Å². The van der Waals surface area contributed by atoms with Crippen LogP contribution in [-0.4, -0.2) is 210 Å².